The second kappa shape index (κ2) is 6.56. The third-order valence-corrected chi connectivity index (χ3v) is 3.81. The molecule has 5 heteroatoms. The molecule has 2 heterocycles. The average molecular weight is 295 g/mol. The highest BCUT2D eigenvalue weighted by Crippen LogP contribution is 2.24. The van der Waals surface area contributed by atoms with E-state index in [1.54, 1.807) is 11.0 Å². The van der Waals surface area contributed by atoms with Crippen molar-refractivity contribution in [2.75, 3.05) is 11.4 Å². The molecule has 114 valence electrons. The first-order valence-electron chi connectivity index (χ1n) is 7.71. The van der Waals surface area contributed by atoms with E-state index >= 15 is 0 Å². The van der Waals surface area contributed by atoms with Crippen LogP contribution in [0.3, 0.4) is 0 Å². The number of nitrogens with zero attached hydrogens (tertiary/aromatic N) is 5. The maximum atomic E-state index is 4.53. The van der Waals surface area contributed by atoms with E-state index in [-0.39, 0.29) is 0 Å². The van der Waals surface area contributed by atoms with Crippen LogP contribution in [0, 0.1) is 0 Å². The normalized spacial score (nSPS) is 11.0. The van der Waals surface area contributed by atoms with Gasteiger partial charge in [-0.05, 0) is 12.0 Å². The van der Waals surface area contributed by atoms with E-state index in [4.69, 9.17) is 0 Å². The number of rotatable bonds is 6. The number of fused-ring (bicyclic) bond motifs is 1. The third kappa shape index (κ3) is 2.93. The van der Waals surface area contributed by atoms with Gasteiger partial charge in [0.05, 0.1) is 11.6 Å². The first-order valence-corrected chi connectivity index (χ1v) is 7.71. The van der Waals surface area contributed by atoms with Gasteiger partial charge in [-0.1, -0.05) is 43.7 Å². The van der Waals surface area contributed by atoms with E-state index in [2.05, 4.69) is 51.2 Å². The van der Waals surface area contributed by atoms with Crippen molar-refractivity contribution in [3.05, 3.63) is 48.4 Å². The number of benzene rings is 1. The molecule has 1 aromatic carbocycles. The van der Waals surface area contributed by atoms with Crippen LogP contribution in [0.1, 0.15) is 25.3 Å². The Labute approximate surface area is 130 Å². The van der Waals surface area contributed by atoms with Gasteiger partial charge in [-0.3, -0.25) is 4.68 Å². The number of hydrogen-bond acceptors (Lipinski definition) is 4. The van der Waals surface area contributed by atoms with Gasteiger partial charge in [-0.25, -0.2) is 9.97 Å². The zero-order valence-electron chi connectivity index (χ0n) is 13.1. The van der Waals surface area contributed by atoms with E-state index in [9.17, 15) is 0 Å². The summed E-state index contributed by atoms with van der Waals surface area (Å²) in [6.07, 6.45) is 5.78. The van der Waals surface area contributed by atoms with E-state index in [0.717, 1.165) is 42.8 Å². The minimum Gasteiger partial charge on any atom is -0.352 e. The summed E-state index contributed by atoms with van der Waals surface area (Å²) in [5.41, 5.74) is 2.16. The van der Waals surface area contributed by atoms with Crippen molar-refractivity contribution < 1.29 is 0 Å². The van der Waals surface area contributed by atoms with Crippen molar-refractivity contribution in [2.24, 2.45) is 7.05 Å². The summed E-state index contributed by atoms with van der Waals surface area (Å²) >= 11 is 0. The quantitative estimate of drug-likeness (QED) is 0.701. The predicted octanol–water partition coefficient (Wildman–Crippen LogP) is 3.17. The molecule has 0 fully saturated rings. The Morgan fingerprint density at radius 3 is 2.73 bits per heavy atom. The molecule has 0 amide bonds. The molecule has 0 aliphatic rings. The van der Waals surface area contributed by atoms with Gasteiger partial charge in [0, 0.05) is 20.1 Å². The van der Waals surface area contributed by atoms with Crippen molar-refractivity contribution in [3.63, 3.8) is 0 Å². The maximum Gasteiger partial charge on any atom is 0.163 e. The number of hydrogen-bond donors (Lipinski definition) is 0. The zero-order chi connectivity index (χ0) is 15.4. The van der Waals surface area contributed by atoms with Crippen molar-refractivity contribution >= 4 is 16.9 Å². The minimum absolute atomic E-state index is 0.849. The summed E-state index contributed by atoms with van der Waals surface area (Å²) in [7, 11) is 1.91. The minimum atomic E-state index is 0.849. The van der Waals surface area contributed by atoms with Crippen LogP contribution in [0.4, 0.5) is 5.82 Å². The highest BCUT2D eigenvalue weighted by Gasteiger charge is 2.14. The Morgan fingerprint density at radius 2 is 1.95 bits per heavy atom. The van der Waals surface area contributed by atoms with Crippen LogP contribution in [0.15, 0.2) is 42.9 Å². The van der Waals surface area contributed by atoms with Crippen LogP contribution in [0.25, 0.3) is 11.0 Å². The third-order valence-electron chi connectivity index (χ3n) is 3.81. The summed E-state index contributed by atoms with van der Waals surface area (Å²) in [6, 6.07) is 10.5. The van der Waals surface area contributed by atoms with Gasteiger partial charge < -0.3 is 4.90 Å². The fourth-order valence-corrected chi connectivity index (χ4v) is 2.61. The summed E-state index contributed by atoms with van der Waals surface area (Å²) in [5.74, 6) is 0.968. The highest BCUT2D eigenvalue weighted by atomic mass is 15.3. The van der Waals surface area contributed by atoms with Crippen molar-refractivity contribution in [1.82, 2.24) is 19.7 Å². The lowest BCUT2D eigenvalue weighted by atomic mass is 10.2. The van der Waals surface area contributed by atoms with E-state index in [1.165, 1.54) is 5.56 Å². The summed E-state index contributed by atoms with van der Waals surface area (Å²) in [5, 5.41) is 5.32. The Kier molecular flexibility index (Phi) is 4.32. The summed E-state index contributed by atoms with van der Waals surface area (Å²) in [4.78, 5) is 11.2. The molecule has 0 unspecified atom stereocenters. The standard InChI is InChI=1S/C17H21N5/c1-3-4-10-22(12-14-8-6-5-7-9-14)17-15-11-20-21(2)16(15)18-13-19-17/h5-9,11,13H,3-4,10,12H2,1-2H3. The van der Waals surface area contributed by atoms with Gasteiger partial charge in [0.2, 0.25) is 0 Å². The van der Waals surface area contributed by atoms with Gasteiger partial charge >= 0.3 is 0 Å². The largest absolute Gasteiger partial charge is 0.352 e. The molecule has 0 N–H and O–H groups in total. The van der Waals surface area contributed by atoms with Crippen LogP contribution in [-0.4, -0.2) is 26.3 Å². The molecule has 0 saturated heterocycles. The van der Waals surface area contributed by atoms with Gasteiger partial charge in [-0.15, -0.1) is 0 Å². The SMILES string of the molecule is CCCCN(Cc1ccccc1)c1ncnc2c1cnn2C. The molecule has 0 atom stereocenters. The molecule has 3 rings (SSSR count). The molecule has 0 saturated carbocycles. The Morgan fingerprint density at radius 1 is 1.14 bits per heavy atom. The fourth-order valence-electron chi connectivity index (χ4n) is 2.61. The van der Waals surface area contributed by atoms with Crippen LogP contribution < -0.4 is 4.90 Å². The number of anilines is 1. The van der Waals surface area contributed by atoms with Gasteiger partial charge in [0.15, 0.2) is 5.65 Å². The van der Waals surface area contributed by atoms with Crippen molar-refractivity contribution in [2.45, 2.75) is 26.3 Å². The molecule has 0 bridgehead atoms. The second-order valence-corrected chi connectivity index (χ2v) is 5.46. The van der Waals surface area contributed by atoms with Gasteiger partial charge in [-0.2, -0.15) is 5.10 Å². The predicted molar refractivity (Wildman–Crippen MR) is 88.7 cm³/mol. The molecule has 3 aromatic rings. The second-order valence-electron chi connectivity index (χ2n) is 5.46. The number of unbranched alkanes of at least 4 members (excludes halogenated alkanes) is 1. The Balaban J connectivity index is 1.96. The van der Waals surface area contributed by atoms with Crippen LogP contribution in [-0.2, 0) is 13.6 Å². The maximum absolute atomic E-state index is 4.53. The summed E-state index contributed by atoms with van der Waals surface area (Å²) in [6.45, 7) is 4.04. The monoisotopic (exact) mass is 295 g/mol. The van der Waals surface area contributed by atoms with Crippen LogP contribution in [0.2, 0.25) is 0 Å². The first kappa shape index (κ1) is 14.5. The smallest absolute Gasteiger partial charge is 0.163 e. The van der Waals surface area contributed by atoms with E-state index < -0.39 is 0 Å². The van der Waals surface area contributed by atoms with Crippen LogP contribution >= 0.6 is 0 Å². The fraction of sp³-hybridized carbons (Fsp3) is 0.353. The molecule has 0 aliphatic carbocycles. The summed E-state index contributed by atoms with van der Waals surface area (Å²) < 4.78 is 1.79. The van der Waals surface area contributed by atoms with Crippen molar-refractivity contribution in [1.29, 1.82) is 0 Å². The topological polar surface area (TPSA) is 46.8 Å². The molecule has 5 nitrogen and oxygen atoms in total. The lowest BCUT2D eigenvalue weighted by molar-refractivity contribution is 0.709. The molecule has 0 aliphatic heterocycles. The van der Waals surface area contributed by atoms with E-state index in [0.29, 0.717) is 0 Å². The number of aromatic nitrogens is 4. The lowest BCUT2D eigenvalue weighted by Gasteiger charge is -2.24. The van der Waals surface area contributed by atoms with E-state index in [1.807, 2.05) is 19.3 Å². The van der Waals surface area contributed by atoms with Crippen molar-refractivity contribution in [3.8, 4) is 0 Å². The molecule has 0 radical (unpaired) electrons. The van der Waals surface area contributed by atoms with Gasteiger partial charge in [0.1, 0.15) is 12.1 Å². The average Bonchev–Trinajstić information content (AvgIpc) is 2.94. The first-order chi connectivity index (χ1) is 10.8. The Hall–Kier alpha value is -2.43. The number of aryl methyl sites for hydroxylation is 1. The Bertz CT molecular complexity index is 735. The molecular formula is C17H21N5. The highest BCUT2D eigenvalue weighted by molar-refractivity contribution is 5.86. The lowest BCUT2D eigenvalue weighted by Crippen LogP contribution is -2.25. The molecule has 0 spiro atoms. The zero-order valence-corrected chi connectivity index (χ0v) is 13.1. The van der Waals surface area contributed by atoms with Crippen LogP contribution in [0.5, 0.6) is 0 Å². The molecule has 2 aromatic heterocycles. The molecular weight excluding hydrogens is 274 g/mol. The van der Waals surface area contributed by atoms with Gasteiger partial charge in [0.25, 0.3) is 0 Å². The molecule has 22 heavy (non-hydrogen) atoms.